The number of benzene rings is 2. The number of carbonyl (C=O) groups excluding carboxylic acids is 1. The van der Waals surface area contributed by atoms with Gasteiger partial charge in [0.2, 0.25) is 0 Å². The van der Waals surface area contributed by atoms with Gasteiger partial charge >= 0.3 is 0 Å². The lowest BCUT2D eigenvalue weighted by Crippen LogP contribution is -2.17. The van der Waals surface area contributed by atoms with Crippen molar-refractivity contribution in [1.29, 1.82) is 0 Å². The van der Waals surface area contributed by atoms with Gasteiger partial charge in [-0.25, -0.2) is 5.43 Å². The van der Waals surface area contributed by atoms with Crippen LogP contribution in [0.5, 0.6) is 0 Å². The first-order valence-electron chi connectivity index (χ1n) is 9.99. The Morgan fingerprint density at radius 2 is 1.82 bits per heavy atom. The first-order chi connectivity index (χ1) is 13.4. The second kappa shape index (κ2) is 7.27. The molecule has 0 spiro atoms. The number of H-pyrrole nitrogens is 1. The number of amides is 1. The van der Waals surface area contributed by atoms with Crippen molar-refractivity contribution in [3.05, 3.63) is 70.4 Å². The smallest absolute Gasteiger partial charge is 0.271 e. The number of fused-ring (bicyclic) bond motifs is 3. The molecular formula is C24H27N3O. The Bertz CT molecular complexity index is 1040. The molecular weight excluding hydrogens is 346 g/mol. The normalized spacial score (nSPS) is 14.4. The zero-order valence-corrected chi connectivity index (χ0v) is 16.8. The summed E-state index contributed by atoms with van der Waals surface area (Å²) in [5.41, 5.74) is 9.47. The fraction of sp³-hybridized carbons (Fsp3) is 0.333. The molecule has 28 heavy (non-hydrogen) atoms. The summed E-state index contributed by atoms with van der Waals surface area (Å²) in [5.74, 6) is -0.185. The minimum atomic E-state index is -0.185. The van der Waals surface area contributed by atoms with Crippen LogP contribution in [0.15, 0.2) is 47.6 Å². The van der Waals surface area contributed by atoms with E-state index in [0.717, 1.165) is 23.9 Å². The maximum absolute atomic E-state index is 12.5. The molecule has 1 aromatic heterocycles. The molecule has 0 atom stereocenters. The van der Waals surface area contributed by atoms with E-state index in [0.29, 0.717) is 5.56 Å². The van der Waals surface area contributed by atoms with Crippen LogP contribution < -0.4 is 5.43 Å². The molecule has 0 fully saturated rings. The van der Waals surface area contributed by atoms with Crippen LogP contribution in [-0.4, -0.2) is 17.1 Å². The van der Waals surface area contributed by atoms with Crippen LogP contribution >= 0.6 is 0 Å². The second-order valence-corrected chi connectivity index (χ2v) is 8.62. The van der Waals surface area contributed by atoms with Crippen molar-refractivity contribution in [2.75, 3.05) is 0 Å². The van der Waals surface area contributed by atoms with Gasteiger partial charge < -0.3 is 4.98 Å². The zero-order chi connectivity index (χ0) is 19.7. The van der Waals surface area contributed by atoms with Gasteiger partial charge in [0.25, 0.3) is 5.91 Å². The number of hydrazone groups is 1. The molecule has 2 N–H and O–H groups in total. The Kier molecular flexibility index (Phi) is 4.80. The third kappa shape index (κ3) is 3.72. The molecule has 0 unspecified atom stereocenters. The summed E-state index contributed by atoms with van der Waals surface area (Å²) >= 11 is 0. The van der Waals surface area contributed by atoms with Crippen LogP contribution in [0.4, 0.5) is 0 Å². The van der Waals surface area contributed by atoms with E-state index in [1.165, 1.54) is 35.0 Å². The molecule has 0 bridgehead atoms. The van der Waals surface area contributed by atoms with Crippen LogP contribution in [0.1, 0.15) is 66.4 Å². The molecule has 2 aromatic carbocycles. The monoisotopic (exact) mass is 373 g/mol. The number of aryl methyl sites for hydroxylation is 2. The molecule has 144 valence electrons. The van der Waals surface area contributed by atoms with E-state index in [1.807, 2.05) is 30.3 Å². The summed E-state index contributed by atoms with van der Waals surface area (Å²) in [6, 6.07) is 14.1. The number of aromatic amines is 1. The molecule has 1 heterocycles. The van der Waals surface area contributed by atoms with Crippen molar-refractivity contribution in [3.63, 3.8) is 0 Å². The van der Waals surface area contributed by atoms with Gasteiger partial charge in [-0.2, -0.15) is 5.10 Å². The molecule has 0 saturated carbocycles. The van der Waals surface area contributed by atoms with Crippen molar-refractivity contribution in [1.82, 2.24) is 10.4 Å². The van der Waals surface area contributed by atoms with Crippen LogP contribution in [0, 0.1) is 0 Å². The van der Waals surface area contributed by atoms with Gasteiger partial charge in [-0.1, -0.05) is 45.0 Å². The summed E-state index contributed by atoms with van der Waals surface area (Å²) in [7, 11) is 0. The average molecular weight is 374 g/mol. The molecule has 0 aliphatic heterocycles. The van der Waals surface area contributed by atoms with Crippen LogP contribution in [0.3, 0.4) is 0 Å². The van der Waals surface area contributed by atoms with Crippen LogP contribution in [-0.2, 0) is 18.3 Å². The first kappa shape index (κ1) is 18.5. The van der Waals surface area contributed by atoms with Crippen LogP contribution in [0.25, 0.3) is 10.9 Å². The third-order valence-electron chi connectivity index (χ3n) is 5.52. The summed E-state index contributed by atoms with van der Waals surface area (Å²) in [5, 5.41) is 5.30. The number of hydrogen-bond donors (Lipinski definition) is 2. The van der Waals surface area contributed by atoms with Gasteiger partial charge in [0, 0.05) is 22.2 Å². The standard InChI is InChI=1S/C24H27N3O/c1-24(2,3)18-11-8-16(9-12-18)15-25-27-23(28)17-10-13-22-20(14-17)19-6-4-5-7-21(19)26-22/h8-15,26H,4-7H2,1-3H3,(H,27,28)/b25-15-. The van der Waals surface area contributed by atoms with Crippen molar-refractivity contribution in [2.45, 2.75) is 51.9 Å². The zero-order valence-electron chi connectivity index (χ0n) is 16.8. The van der Waals surface area contributed by atoms with Gasteiger partial charge in [0.05, 0.1) is 6.21 Å². The topological polar surface area (TPSA) is 57.2 Å². The molecule has 1 amide bonds. The fourth-order valence-electron chi connectivity index (χ4n) is 3.85. The molecule has 4 heteroatoms. The van der Waals surface area contributed by atoms with Crippen molar-refractivity contribution >= 4 is 23.0 Å². The molecule has 4 rings (SSSR count). The largest absolute Gasteiger partial charge is 0.358 e. The highest BCUT2D eigenvalue weighted by Gasteiger charge is 2.16. The highest BCUT2D eigenvalue weighted by Crippen LogP contribution is 2.29. The van der Waals surface area contributed by atoms with Gasteiger partial charge in [0.15, 0.2) is 0 Å². The lowest BCUT2D eigenvalue weighted by Gasteiger charge is -2.18. The van der Waals surface area contributed by atoms with E-state index in [9.17, 15) is 4.79 Å². The van der Waals surface area contributed by atoms with E-state index >= 15 is 0 Å². The summed E-state index contributed by atoms with van der Waals surface area (Å²) in [4.78, 5) is 16.0. The second-order valence-electron chi connectivity index (χ2n) is 8.62. The van der Waals surface area contributed by atoms with Crippen LogP contribution in [0.2, 0.25) is 0 Å². The number of nitrogens with one attached hydrogen (secondary N) is 2. The summed E-state index contributed by atoms with van der Waals surface area (Å²) < 4.78 is 0. The number of carbonyl (C=O) groups is 1. The Morgan fingerprint density at radius 1 is 1.07 bits per heavy atom. The highest BCUT2D eigenvalue weighted by atomic mass is 16.2. The quantitative estimate of drug-likeness (QED) is 0.486. The maximum atomic E-state index is 12.5. The lowest BCUT2D eigenvalue weighted by atomic mass is 9.87. The Hall–Kier alpha value is -2.88. The third-order valence-corrected chi connectivity index (χ3v) is 5.52. The number of aromatic nitrogens is 1. The van der Waals surface area contributed by atoms with Crippen molar-refractivity contribution < 1.29 is 4.79 Å². The van der Waals surface area contributed by atoms with Crippen molar-refractivity contribution in [3.8, 4) is 0 Å². The molecule has 3 aromatic rings. The maximum Gasteiger partial charge on any atom is 0.271 e. The Balaban J connectivity index is 1.47. The molecule has 1 aliphatic rings. The molecule has 0 saturated heterocycles. The predicted molar refractivity (Wildman–Crippen MR) is 115 cm³/mol. The van der Waals surface area contributed by atoms with Gasteiger partial charge in [-0.15, -0.1) is 0 Å². The highest BCUT2D eigenvalue weighted by molar-refractivity contribution is 5.99. The summed E-state index contributed by atoms with van der Waals surface area (Å²) in [6.45, 7) is 6.57. The van der Waals surface area contributed by atoms with Gasteiger partial charge in [-0.05, 0) is 66.0 Å². The van der Waals surface area contributed by atoms with E-state index in [2.05, 4.69) is 48.4 Å². The van der Waals surface area contributed by atoms with E-state index in [1.54, 1.807) is 6.21 Å². The van der Waals surface area contributed by atoms with Crippen molar-refractivity contribution in [2.24, 2.45) is 5.10 Å². The SMILES string of the molecule is CC(C)(C)c1ccc(/C=N\NC(=O)c2ccc3[nH]c4c(c3c2)CCCC4)cc1. The fourth-order valence-corrected chi connectivity index (χ4v) is 3.85. The average Bonchev–Trinajstić information content (AvgIpc) is 3.05. The van der Waals surface area contributed by atoms with E-state index in [-0.39, 0.29) is 11.3 Å². The first-order valence-corrected chi connectivity index (χ1v) is 9.99. The Labute approximate surface area is 166 Å². The minimum Gasteiger partial charge on any atom is -0.358 e. The van der Waals surface area contributed by atoms with Gasteiger partial charge in [-0.3, -0.25) is 4.79 Å². The molecule has 4 nitrogen and oxygen atoms in total. The number of rotatable bonds is 3. The lowest BCUT2D eigenvalue weighted by molar-refractivity contribution is 0.0955. The Morgan fingerprint density at radius 3 is 2.57 bits per heavy atom. The number of nitrogens with zero attached hydrogens (tertiary/aromatic N) is 1. The summed E-state index contributed by atoms with van der Waals surface area (Å²) in [6.07, 6.45) is 6.32. The van der Waals surface area contributed by atoms with E-state index in [4.69, 9.17) is 0 Å². The van der Waals surface area contributed by atoms with E-state index < -0.39 is 0 Å². The minimum absolute atomic E-state index is 0.125. The molecule has 0 radical (unpaired) electrons. The van der Waals surface area contributed by atoms with Gasteiger partial charge in [0.1, 0.15) is 0 Å². The molecule has 1 aliphatic carbocycles. The predicted octanol–water partition coefficient (Wildman–Crippen LogP) is 5.11. The number of hydrogen-bond acceptors (Lipinski definition) is 2.